The number of benzene rings is 1. The Bertz CT molecular complexity index is 617. The molecule has 0 radical (unpaired) electrons. The maximum Gasteiger partial charge on any atom is 0.303 e. The van der Waals surface area contributed by atoms with Crippen LogP contribution in [0, 0.1) is 10.7 Å². The molecule has 0 unspecified atom stereocenters. The van der Waals surface area contributed by atoms with Crippen LogP contribution in [0.1, 0.15) is 31.2 Å². The fraction of sp³-hybridized carbons (Fsp3) is 0.308. The van der Waals surface area contributed by atoms with Crippen LogP contribution in [-0.2, 0) is 14.4 Å². The minimum Gasteiger partial charge on any atom is -0.481 e. The lowest BCUT2D eigenvalue weighted by atomic mass is 9.92. The average Bonchev–Trinajstić information content (AvgIpc) is 2.32. The molecule has 0 saturated carbocycles. The molecule has 120 valence electrons. The van der Waals surface area contributed by atoms with Crippen LogP contribution in [0.5, 0.6) is 0 Å². The first-order chi connectivity index (χ1) is 10.1. The summed E-state index contributed by atoms with van der Waals surface area (Å²) in [5, 5.41) is 20.8. The van der Waals surface area contributed by atoms with Crippen molar-refractivity contribution in [2.45, 2.75) is 25.7 Å². The molecule has 0 aliphatic heterocycles. The zero-order chi connectivity index (χ0) is 17.0. The highest BCUT2D eigenvalue weighted by Crippen LogP contribution is 2.38. The van der Waals surface area contributed by atoms with Crippen LogP contribution in [-0.4, -0.2) is 28.1 Å². The molecule has 22 heavy (non-hydrogen) atoms. The summed E-state index contributed by atoms with van der Waals surface area (Å²) in [7, 11) is 0. The van der Waals surface area contributed by atoms with Crippen molar-refractivity contribution in [1.29, 1.82) is 0 Å². The number of amides is 1. The molecule has 0 atom stereocenters. The van der Waals surface area contributed by atoms with Gasteiger partial charge in [0.1, 0.15) is 0 Å². The number of carboxylic acids is 2. The Balaban J connectivity index is 3.43. The third-order valence-corrected chi connectivity index (χ3v) is 5.62. The summed E-state index contributed by atoms with van der Waals surface area (Å²) < 4.78 is 2.28. The molecule has 1 amide bonds. The van der Waals surface area contributed by atoms with E-state index in [1.165, 1.54) is 6.92 Å². The van der Waals surface area contributed by atoms with Crippen molar-refractivity contribution in [3.8, 4) is 0 Å². The lowest BCUT2D eigenvalue weighted by Crippen LogP contribution is -2.16. The fourth-order valence-electron chi connectivity index (χ4n) is 1.97. The first-order valence-corrected chi connectivity index (χ1v) is 9.25. The SMILES string of the molecule is CC(=O)Nc1c(I)cc(I)c(C(CC(=O)O)CC(=O)O)c1I. The zero-order valence-corrected chi connectivity index (χ0v) is 17.8. The van der Waals surface area contributed by atoms with E-state index in [1.54, 1.807) is 6.07 Å². The van der Waals surface area contributed by atoms with E-state index in [2.05, 4.69) is 50.5 Å². The van der Waals surface area contributed by atoms with E-state index in [-0.39, 0.29) is 18.7 Å². The second kappa shape index (κ2) is 8.61. The number of aliphatic carboxylic acids is 2. The molecule has 9 heteroatoms. The van der Waals surface area contributed by atoms with Gasteiger partial charge in [-0.1, -0.05) is 0 Å². The molecule has 0 heterocycles. The van der Waals surface area contributed by atoms with E-state index >= 15 is 0 Å². The molecular weight excluding hydrogens is 631 g/mol. The quantitative estimate of drug-likeness (QED) is 0.413. The molecule has 1 aromatic carbocycles. The molecule has 6 nitrogen and oxygen atoms in total. The third-order valence-electron chi connectivity index (χ3n) is 2.76. The largest absolute Gasteiger partial charge is 0.481 e. The molecule has 0 aliphatic rings. The van der Waals surface area contributed by atoms with E-state index < -0.39 is 17.9 Å². The third kappa shape index (κ3) is 5.47. The topological polar surface area (TPSA) is 104 Å². The predicted octanol–water partition coefficient (Wildman–Crippen LogP) is 3.49. The number of anilines is 1. The molecule has 0 saturated heterocycles. The second-order valence-electron chi connectivity index (χ2n) is 4.52. The normalized spacial score (nSPS) is 10.6. The number of carbonyl (C=O) groups excluding carboxylic acids is 1. The first-order valence-electron chi connectivity index (χ1n) is 6.02. The summed E-state index contributed by atoms with van der Waals surface area (Å²) in [6.07, 6.45) is -0.559. The number of carbonyl (C=O) groups is 3. The lowest BCUT2D eigenvalue weighted by molar-refractivity contribution is -0.139. The van der Waals surface area contributed by atoms with Gasteiger partial charge in [-0.25, -0.2) is 0 Å². The lowest BCUT2D eigenvalue weighted by Gasteiger charge is -2.20. The van der Waals surface area contributed by atoms with Gasteiger partial charge in [0.2, 0.25) is 5.91 Å². The van der Waals surface area contributed by atoms with Crippen LogP contribution in [0.2, 0.25) is 0 Å². The number of rotatable bonds is 6. The van der Waals surface area contributed by atoms with Crippen molar-refractivity contribution in [3.05, 3.63) is 22.3 Å². The Morgan fingerprint density at radius 2 is 1.59 bits per heavy atom. The maximum atomic E-state index is 11.3. The van der Waals surface area contributed by atoms with E-state index in [0.29, 0.717) is 14.8 Å². The Labute approximate surface area is 167 Å². The van der Waals surface area contributed by atoms with Crippen LogP contribution in [0.25, 0.3) is 0 Å². The summed E-state index contributed by atoms with van der Waals surface area (Å²) in [5.41, 5.74) is 1.24. The summed E-state index contributed by atoms with van der Waals surface area (Å²) in [5.74, 6) is -3.01. The Morgan fingerprint density at radius 1 is 1.09 bits per heavy atom. The zero-order valence-electron chi connectivity index (χ0n) is 11.3. The summed E-state index contributed by atoms with van der Waals surface area (Å²) in [6.45, 7) is 1.38. The van der Waals surface area contributed by atoms with Gasteiger partial charge in [-0.15, -0.1) is 0 Å². The van der Waals surface area contributed by atoms with E-state index in [4.69, 9.17) is 10.2 Å². The van der Waals surface area contributed by atoms with Crippen LogP contribution < -0.4 is 5.32 Å². The summed E-state index contributed by atoms with van der Waals surface area (Å²) in [6, 6.07) is 1.81. The van der Waals surface area contributed by atoms with Crippen molar-refractivity contribution >= 4 is 91.3 Å². The van der Waals surface area contributed by atoms with Gasteiger partial charge in [-0.2, -0.15) is 0 Å². The molecular formula is C13H12I3NO5. The first kappa shape index (κ1) is 19.9. The molecule has 0 spiro atoms. The van der Waals surface area contributed by atoms with Gasteiger partial charge in [-0.05, 0) is 79.4 Å². The van der Waals surface area contributed by atoms with Crippen molar-refractivity contribution in [2.75, 3.05) is 5.32 Å². The number of hydrogen-bond acceptors (Lipinski definition) is 3. The van der Waals surface area contributed by atoms with E-state index in [9.17, 15) is 14.4 Å². The number of hydrogen-bond donors (Lipinski definition) is 3. The monoisotopic (exact) mass is 643 g/mol. The van der Waals surface area contributed by atoms with Gasteiger partial charge in [0.25, 0.3) is 0 Å². The number of carboxylic acid groups (broad SMARTS) is 2. The fourth-order valence-corrected chi connectivity index (χ4v) is 6.49. The van der Waals surface area contributed by atoms with Crippen molar-refractivity contribution in [3.63, 3.8) is 0 Å². The van der Waals surface area contributed by atoms with Gasteiger partial charge >= 0.3 is 11.9 Å². The van der Waals surface area contributed by atoms with Gasteiger partial charge in [0, 0.05) is 23.6 Å². The maximum absolute atomic E-state index is 11.3. The van der Waals surface area contributed by atoms with Crippen molar-refractivity contribution in [1.82, 2.24) is 0 Å². The Kier molecular flexibility index (Phi) is 7.78. The smallest absolute Gasteiger partial charge is 0.303 e. The number of nitrogens with one attached hydrogen (secondary N) is 1. The van der Waals surface area contributed by atoms with Crippen LogP contribution in [0.15, 0.2) is 6.07 Å². The molecule has 1 rings (SSSR count). The highest BCUT2D eigenvalue weighted by atomic mass is 127. The van der Waals surface area contributed by atoms with E-state index in [1.807, 2.05) is 22.6 Å². The summed E-state index contributed by atoms with van der Waals surface area (Å²) in [4.78, 5) is 33.4. The summed E-state index contributed by atoms with van der Waals surface area (Å²) >= 11 is 6.17. The Hall–Kier alpha value is -0.180. The second-order valence-corrected chi connectivity index (χ2v) is 7.92. The molecule has 0 fully saturated rings. The minimum atomic E-state index is -1.06. The average molecular weight is 643 g/mol. The standard InChI is InChI=1S/C13H12I3NO5/c1-5(18)17-13-8(15)4-7(14)11(12(13)16)6(2-9(19)20)3-10(21)22/h4,6H,2-3H2,1H3,(H,17,18)(H,19,20)(H,21,22). The molecule has 0 aliphatic carbocycles. The van der Waals surface area contributed by atoms with Crippen LogP contribution in [0.4, 0.5) is 5.69 Å². The van der Waals surface area contributed by atoms with Gasteiger partial charge in [0.05, 0.1) is 18.5 Å². The minimum absolute atomic E-state index is 0.240. The van der Waals surface area contributed by atoms with Gasteiger partial charge in [-0.3, -0.25) is 14.4 Å². The van der Waals surface area contributed by atoms with E-state index in [0.717, 1.165) is 7.14 Å². The molecule has 3 N–H and O–H groups in total. The number of halogens is 3. The molecule has 1 aromatic rings. The van der Waals surface area contributed by atoms with Crippen molar-refractivity contribution < 1.29 is 24.6 Å². The molecule has 0 bridgehead atoms. The van der Waals surface area contributed by atoms with Crippen molar-refractivity contribution in [2.24, 2.45) is 0 Å². The highest BCUT2D eigenvalue weighted by molar-refractivity contribution is 14.1. The van der Waals surface area contributed by atoms with Gasteiger partial charge in [0.15, 0.2) is 0 Å². The molecule has 0 aromatic heterocycles. The highest BCUT2D eigenvalue weighted by Gasteiger charge is 2.26. The van der Waals surface area contributed by atoms with Gasteiger partial charge < -0.3 is 15.5 Å². The van der Waals surface area contributed by atoms with Crippen LogP contribution in [0.3, 0.4) is 0 Å². The van der Waals surface area contributed by atoms with Crippen LogP contribution >= 0.6 is 67.8 Å². The predicted molar refractivity (Wildman–Crippen MR) is 106 cm³/mol. The Morgan fingerprint density at radius 3 is 2.00 bits per heavy atom.